The molecule has 1 fully saturated rings. The first-order valence-electron chi connectivity index (χ1n) is 11.6. The molecule has 12 heteroatoms. The van der Waals surface area contributed by atoms with E-state index in [2.05, 4.69) is 32.5 Å². The van der Waals surface area contributed by atoms with Gasteiger partial charge in [0.25, 0.3) is 11.5 Å². The van der Waals surface area contributed by atoms with E-state index in [0.29, 0.717) is 23.6 Å². The Morgan fingerprint density at radius 1 is 1.22 bits per heavy atom. The second-order valence-corrected chi connectivity index (χ2v) is 8.86. The summed E-state index contributed by atoms with van der Waals surface area (Å²) in [6.45, 7) is 4.06. The molecule has 4 aromatic rings. The molecule has 0 radical (unpaired) electrons. The summed E-state index contributed by atoms with van der Waals surface area (Å²) in [7, 11) is 5.03. The van der Waals surface area contributed by atoms with Crippen LogP contribution in [0.5, 0.6) is 0 Å². The standard InChI is InChI=1S/C25H26FN9O2/c1-14(30-18-10-16(18)26)15-7-9-34-21(27-2)11-20(32-23(15)34)31-17-6-5-8-35(25(17)37)22-13-28-19(12-29-22)24(36)33(3)4/h5-9,11-13,16,18,27,30H,1,10H2,2-4H3,(H,31,32)/t16-,18+/m1/s1. The zero-order valence-electron chi connectivity index (χ0n) is 20.6. The lowest BCUT2D eigenvalue weighted by molar-refractivity contribution is 0.0821. The molecule has 3 N–H and O–H groups in total. The third-order valence-electron chi connectivity index (χ3n) is 5.99. The monoisotopic (exact) mass is 503 g/mol. The fourth-order valence-corrected chi connectivity index (χ4v) is 3.88. The molecule has 2 atom stereocenters. The number of halogens is 1. The van der Waals surface area contributed by atoms with Gasteiger partial charge in [-0.3, -0.25) is 18.6 Å². The van der Waals surface area contributed by atoms with Crippen molar-refractivity contribution in [3.63, 3.8) is 0 Å². The maximum atomic E-state index is 13.4. The van der Waals surface area contributed by atoms with Gasteiger partial charge in [-0.25, -0.2) is 19.3 Å². The van der Waals surface area contributed by atoms with Gasteiger partial charge in [0.05, 0.1) is 18.4 Å². The van der Waals surface area contributed by atoms with Crippen molar-refractivity contribution in [3.8, 4) is 5.82 Å². The van der Waals surface area contributed by atoms with Crippen molar-refractivity contribution >= 4 is 34.6 Å². The highest BCUT2D eigenvalue weighted by molar-refractivity contribution is 5.91. The van der Waals surface area contributed by atoms with Crippen LogP contribution in [0.2, 0.25) is 0 Å². The molecule has 4 aromatic heterocycles. The van der Waals surface area contributed by atoms with Crippen LogP contribution < -0.4 is 21.5 Å². The maximum absolute atomic E-state index is 13.4. The van der Waals surface area contributed by atoms with E-state index in [1.807, 2.05) is 16.7 Å². The predicted molar refractivity (Wildman–Crippen MR) is 139 cm³/mol. The molecule has 190 valence electrons. The van der Waals surface area contributed by atoms with Gasteiger partial charge in [-0.15, -0.1) is 0 Å². The zero-order chi connectivity index (χ0) is 26.3. The Morgan fingerprint density at radius 3 is 2.65 bits per heavy atom. The molecule has 37 heavy (non-hydrogen) atoms. The number of rotatable bonds is 8. The SMILES string of the molecule is C=C(N[C@H]1C[C@H]1F)c1ccn2c(NC)cc(Nc3cccn(-c4cnc(C(=O)N(C)C)cn4)c3=O)nc12. The molecule has 0 unspecified atom stereocenters. The fourth-order valence-electron chi connectivity index (χ4n) is 3.88. The Hall–Kier alpha value is -4.74. The largest absolute Gasteiger partial charge is 0.379 e. The van der Waals surface area contributed by atoms with Gasteiger partial charge in [0.15, 0.2) is 5.82 Å². The van der Waals surface area contributed by atoms with Gasteiger partial charge < -0.3 is 20.9 Å². The highest BCUT2D eigenvalue weighted by Gasteiger charge is 2.37. The first-order valence-corrected chi connectivity index (χ1v) is 11.6. The van der Waals surface area contributed by atoms with Crippen molar-refractivity contribution in [1.82, 2.24) is 34.1 Å². The number of carbonyl (C=O) groups is 1. The van der Waals surface area contributed by atoms with Crippen molar-refractivity contribution in [1.29, 1.82) is 0 Å². The van der Waals surface area contributed by atoms with Crippen LogP contribution in [0, 0.1) is 0 Å². The van der Waals surface area contributed by atoms with E-state index in [9.17, 15) is 14.0 Å². The Kier molecular flexibility index (Phi) is 6.07. The van der Waals surface area contributed by atoms with Crippen molar-refractivity contribution in [2.45, 2.75) is 18.6 Å². The summed E-state index contributed by atoms with van der Waals surface area (Å²) in [5.74, 6) is 1.13. The normalized spacial score (nSPS) is 16.3. The second kappa shape index (κ2) is 9.37. The summed E-state index contributed by atoms with van der Waals surface area (Å²) in [6.07, 6.45) is 5.72. The number of nitrogens with zero attached hydrogens (tertiary/aromatic N) is 6. The molecular weight excluding hydrogens is 477 g/mol. The molecule has 1 amide bonds. The average molecular weight is 504 g/mol. The lowest BCUT2D eigenvalue weighted by Gasteiger charge is -2.13. The minimum atomic E-state index is -0.863. The van der Waals surface area contributed by atoms with E-state index in [1.54, 1.807) is 45.5 Å². The topological polar surface area (TPSA) is 121 Å². The lowest BCUT2D eigenvalue weighted by atomic mass is 10.2. The van der Waals surface area contributed by atoms with E-state index in [0.717, 1.165) is 11.4 Å². The summed E-state index contributed by atoms with van der Waals surface area (Å²) in [4.78, 5) is 39.8. The number of carbonyl (C=O) groups excluding carboxylic acids is 1. The van der Waals surface area contributed by atoms with Crippen LogP contribution in [-0.4, -0.2) is 68.1 Å². The number of aromatic nitrogens is 5. The van der Waals surface area contributed by atoms with Gasteiger partial charge in [-0.05, 0) is 18.2 Å². The van der Waals surface area contributed by atoms with E-state index in [1.165, 1.54) is 21.9 Å². The lowest BCUT2D eigenvalue weighted by Crippen LogP contribution is -2.24. The Balaban J connectivity index is 1.46. The first-order chi connectivity index (χ1) is 17.8. The Bertz CT molecular complexity index is 1560. The molecule has 0 aliphatic heterocycles. The summed E-state index contributed by atoms with van der Waals surface area (Å²) >= 11 is 0. The van der Waals surface area contributed by atoms with Gasteiger partial charge in [-0.2, -0.15) is 0 Å². The molecule has 5 rings (SSSR count). The molecular formula is C25H26FN9O2. The smallest absolute Gasteiger partial charge is 0.280 e. The molecule has 0 aromatic carbocycles. The van der Waals surface area contributed by atoms with Crippen LogP contribution in [0.4, 0.5) is 21.7 Å². The number of anilines is 3. The Labute approximate surface area is 211 Å². The van der Waals surface area contributed by atoms with E-state index in [-0.39, 0.29) is 34.7 Å². The summed E-state index contributed by atoms with van der Waals surface area (Å²) in [5, 5.41) is 9.32. The predicted octanol–water partition coefficient (Wildman–Crippen LogP) is 2.43. The molecule has 0 saturated heterocycles. The number of nitrogens with one attached hydrogen (secondary N) is 3. The molecule has 1 aliphatic carbocycles. The number of pyridine rings is 1. The maximum Gasteiger partial charge on any atom is 0.280 e. The molecule has 4 heterocycles. The van der Waals surface area contributed by atoms with Crippen molar-refractivity contribution in [2.24, 2.45) is 0 Å². The Morgan fingerprint density at radius 2 is 2.00 bits per heavy atom. The summed E-state index contributed by atoms with van der Waals surface area (Å²) in [5.41, 5.74) is 1.96. The van der Waals surface area contributed by atoms with Crippen molar-refractivity contribution in [3.05, 3.63) is 77.2 Å². The fraction of sp³-hybridized carbons (Fsp3) is 0.240. The van der Waals surface area contributed by atoms with Gasteiger partial charge in [0.1, 0.15) is 34.8 Å². The second-order valence-electron chi connectivity index (χ2n) is 8.86. The first kappa shape index (κ1) is 24.0. The minimum Gasteiger partial charge on any atom is -0.379 e. The summed E-state index contributed by atoms with van der Waals surface area (Å²) in [6, 6.07) is 6.73. The minimum absolute atomic E-state index is 0.177. The van der Waals surface area contributed by atoms with Gasteiger partial charge in [0.2, 0.25) is 0 Å². The van der Waals surface area contributed by atoms with E-state index < -0.39 is 6.17 Å². The summed E-state index contributed by atoms with van der Waals surface area (Å²) < 4.78 is 16.6. The van der Waals surface area contributed by atoms with Crippen LogP contribution >= 0.6 is 0 Å². The number of hydrogen-bond acceptors (Lipinski definition) is 8. The number of fused-ring (bicyclic) bond motifs is 1. The van der Waals surface area contributed by atoms with Crippen LogP contribution in [0.15, 0.2) is 60.4 Å². The molecule has 1 aliphatic rings. The quantitative estimate of drug-likeness (QED) is 0.335. The van der Waals surface area contributed by atoms with Gasteiger partial charge in [0, 0.05) is 57.3 Å². The van der Waals surface area contributed by atoms with Crippen molar-refractivity contribution in [2.75, 3.05) is 31.8 Å². The third-order valence-corrected chi connectivity index (χ3v) is 5.99. The van der Waals surface area contributed by atoms with Crippen LogP contribution in [0.3, 0.4) is 0 Å². The average Bonchev–Trinajstić information content (AvgIpc) is 3.41. The molecule has 0 spiro atoms. The molecule has 0 bridgehead atoms. The highest BCUT2D eigenvalue weighted by atomic mass is 19.1. The number of alkyl halides is 1. The van der Waals surface area contributed by atoms with Gasteiger partial charge in [-0.1, -0.05) is 6.58 Å². The highest BCUT2D eigenvalue weighted by Crippen LogP contribution is 2.30. The van der Waals surface area contributed by atoms with E-state index in [4.69, 9.17) is 4.98 Å². The third kappa shape index (κ3) is 4.60. The van der Waals surface area contributed by atoms with Gasteiger partial charge >= 0.3 is 0 Å². The zero-order valence-corrected chi connectivity index (χ0v) is 20.6. The van der Waals surface area contributed by atoms with Crippen LogP contribution in [0.1, 0.15) is 22.5 Å². The van der Waals surface area contributed by atoms with E-state index >= 15 is 0 Å². The molecule has 1 saturated carbocycles. The van der Waals surface area contributed by atoms with Crippen molar-refractivity contribution < 1.29 is 9.18 Å². The van der Waals surface area contributed by atoms with Crippen LogP contribution in [-0.2, 0) is 0 Å². The number of amides is 1. The molecule has 11 nitrogen and oxygen atoms in total. The van der Waals surface area contributed by atoms with Crippen LogP contribution in [0.25, 0.3) is 17.2 Å². The number of hydrogen-bond donors (Lipinski definition) is 3.